The van der Waals surface area contributed by atoms with Gasteiger partial charge in [0.15, 0.2) is 11.6 Å². The smallest absolute Gasteiger partial charge is 0.165 e. The van der Waals surface area contributed by atoms with Crippen LogP contribution in [0.4, 0.5) is 4.39 Å². The highest BCUT2D eigenvalue weighted by Crippen LogP contribution is 2.26. The molecule has 2 rings (SSSR count). The van der Waals surface area contributed by atoms with Crippen molar-refractivity contribution in [3.63, 3.8) is 0 Å². The van der Waals surface area contributed by atoms with Gasteiger partial charge in [-0.25, -0.2) is 4.39 Å². The van der Waals surface area contributed by atoms with E-state index in [1.54, 1.807) is 30.3 Å². The van der Waals surface area contributed by atoms with E-state index in [4.69, 9.17) is 16.3 Å². The average molecular weight is 310 g/mol. The maximum atomic E-state index is 13.7. The first-order valence-corrected chi connectivity index (χ1v) is 6.94. The van der Waals surface area contributed by atoms with Crippen LogP contribution in [0.25, 0.3) is 0 Å². The molecule has 112 valence electrons. The Kier molecular flexibility index (Phi) is 5.04. The minimum Gasteiger partial charge on any atom is -0.508 e. The molecule has 1 unspecified atom stereocenters. The van der Waals surface area contributed by atoms with E-state index >= 15 is 0 Å². The van der Waals surface area contributed by atoms with Crippen LogP contribution in [0.3, 0.4) is 0 Å². The van der Waals surface area contributed by atoms with E-state index in [9.17, 15) is 9.50 Å². The van der Waals surface area contributed by atoms with Crippen molar-refractivity contribution in [2.75, 3.05) is 7.11 Å². The molecule has 0 aliphatic rings. The molecule has 0 aromatic heterocycles. The average Bonchev–Trinajstić information content (AvgIpc) is 2.46. The van der Waals surface area contributed by atoms with Crippen LogP contribution in [0.2, 0.25) is 5.02 Å². The van der Waals surface area contributed by atoms with E-state index in [0.717, 1.165) is 5.56 Å². The van der Waals surface area contributed by atoms with Crippen molar-refractivity contribution < 1.29 is 14.2 Å². The quantitative estimate of drug-likeness (QED) is 0.875. The van der Waals surface area contributed by atoms with Crippen LogP contribution in [0, 0.1) is 5.82 Å². The Bertz CT molecular complexity index is 613. The van der Waals surface area contributed by atoms with Gasteiger partial charge in [-0.15, -0.1) is 0 Å². The van der Waals surface area contributed by atoms with Crippen LogP contribution in [0.15, 0.2) is 36.4 Å². The highest BCUT2D eigenvalue weighted by atomic mass is 35.5. The van der Waals surface area contributed by atoms with Crippen molar-refractivity contribution in [3.8, 4) is 11.5 Å². The fourth-order valence-corrected chi connectivity index (χ4v) is 2.28. The summed E-state index contributed by atoms with van der Waals surface area (Å²) in [6.45, 7) is 2.30. The van der Waals surface area contributed by atoms with Crippen LogP contribution in [0.5, 0.6) is 11.5 Å². The summed E-state index contributed by atoms with van der Waals surface area (Å²) in [6.07, 6.45) is 0. The second-order valence-corrected chi connectivity index (χ2v) is 5.14. The zero-order valence-corrected chi connectivity index (χ0v) is 12.6. The van der Waals surface area contributed by atoms with Gasteiger partial charge in [0.2, 0.25) is 0 Å². The van der Waals surface area contributed by atoms with Crippen molar-refractivity contribution in [1.82, 2.24) is 5.32 Å². The maximum Gasteiger partial charge on any atom is 0.165 e. The Labute approximate surface area is 128 Å². The van der Waals surface area contributed by atoms with Crippen molar-refractivity contribution in [2.24, 2.45) is 0 Å². The van der Waals surface area contributed by atoms with Crippen molar-refractivity contribution in [2.45, 2.75) is 19.5 Å². The number of aromatic hydroxyl groups is 1. The lowest BCUT2D eigenvalue weighted by atomic mass is 10.1. The molecule has 2 aromatic rings. The molecular weight excluding hydrogens is 293 g/mol. The molecule has 3 nitrogen and oxygen atoms in total. The van der Waals surface area contributed by atoms with Gasteiger partial charge < -0.3 is 15.2 Å². The molecule has 0 aliphatic carbocycles. The van der Waals surface area contributed by atoms with Crippen LogP contribution < -0.4 is 10.1 Å². The number of rotatable bonds is 5. The van der Waals surface area contributed by atoms with E-state index in [1.807, 2.05) is 6.92 Å². The lowest BCUT2D eigenvalue weighted by Gasteiger charge is -2.16. The van der Waals surface area contributed by atoms with Crippen LogP contribution in [-0.2, 0) is 6.54 Å². The normalized spacial score (nSPS) is 12.2. The van der Waals surface area contributed by atoms with Gasteiger partial charge in [0, 0.05) is 23.2 Å². The van der Waals surface area contributed by atoms with Gasteiger partial charge in [0.1, 0.15) is 5.75 Å². The molecule has 0 fully saturated rings. The molecule has 0 spiro atoms. The molecule has 0 bridgehead atoms. The number of halogens is 2. The summed E-state index contributed by atoms with van der Waals surface area (Å²) in [5.74, 6) is -0.0398. The van der Waals surface area contributed by atoms with E-state index in [0.29, 0.717) is 17.1 Å². The molecule has 2 N–H and O–H groups in total. The Hall–Kier alpha value is -1.78. The molecule has 0 saturated heterocycles. The number of phenolic OH excluding ortho intramolecular Hbond substituents is 1. The predicted molar refractivity (Wildman–Crippen MR) is 81.3 cm³/mol. The largest absolute Gasteiger partial charge is 0.508 e. The summed E-state index contributed by atoms with van der Waals surface area (Å²) in [4.78, 5) is 0. The fraction of sp³-hybridized carbons (Fsp3) is 0.250. The molecule has 5 heteroatoms. The standard InChI is InChI=1S/C16H17ClFNO2/c1-10(11-6-7-16(21-2)14(18)8-11)19-9-12-13(17)4-3-5-15(12)20/h3-8,10,19-20H,9H2,1-2H3. The fourth-order valence-electron chi connectivity index (χ4n) is 2.05. The predicted octanol–water partition coefficient (Wildman–Crippen LogP) is 4.04. The van der Waals surface area contributed by atoms with E-state index in [1.165, 1.54) is 13.2 Å². The third-order valence-corrected chi connectivity index (χ3v) is 3.71. The third kappa shape index (κ3) is 3.65. The third-order valence-electron chi connectivity index (χ3n) is 3.36. The SMILES string of the molecule is COc1ccc(C(C)NCc2c(O)cccc2Cl)cc1F. The maximum absolute atomic E-state index is 13.7. The molecular formula is C16H17ClFNO2. The van der Waals surface area contributed by atoms with E-state index in [2.05, 4.69) is 5.32 Å². The van der Waals surface area contributed by atoms with Crippen LogP contribution in [-0.4, -0.2) is 12.2 Å². The van der Waals surface area contributed by atoms with Crippen molar-refractivity contribution in [1.29, 1.82) is 0 Å². The van der Waals surface area contributed by atoms with Gasteiger partial charge in [-0.3, -0.25) is 0 Å². The number of nitrogens with one attached hydrogen (secondary N) is 1. The minimum atomic E-state index is -0.399. The van der Waals surface area contributed by atoms with Crippen LogP contribution >= 0.6 is 11.6 Å². The number of phenols is 1. The lowest BCUT2D eigenvalue weighted by Crippen LogP contribution is -2.18. The number of hydrogen-bond acceptors (Lipinski definition) is 3. The summed E-state index contributed by atoms with van der Waals surface area (Å²) < 4.78 is 18.6. The van der Waals surface area contributed by atoms with Crippen LogP contribution in [0.1, 0.15) is 24.1 Å². The molecule has 1 atom stereocenters. The topological polar surface area (TPSA) is 41.5 Å². The van der Waals surface area contributed by atoms with E-state index in [-0.39, 0.29) is 17.5 Å². The van der Waals surface area contributed by atoms with Gasteiger partial charge in [-0.05, 0) is 36.8 Å². The summed E-state index contributed by atoms with van der Waals surface area (Å²) in [6, 6.07) is 9.71. The molecule has 0 amide bonds. The second kappa shape index (κ2) is 6.78. The minimum absolute atomic E-state index is 0.0962. The Morgan fingerprint density at radius 2 is 2.10 bits per heavy atom. The molecule has 0 aliphatic heterocycles. The zero-order chi connectivity index (χ0) is 15.4. The first-order chi connectivity index (χ1) is 10.0. The number of hydrogen-bond donors (Lipinski definition) is 2. The van der Waals surface area contributed by atoms with E-state index < -0.39 is 5.82 Å². The van der Waals surface area contributed by atoms with Crippen molar-refractivity contribution in [3.05, 3.63) is 58.4 Å². The monoisotopic (exact) mass is 309 g/mol. The number of benzene rings is 2. The molecule has 0 heterocycles. The van der Waals surface area contributed by atoms with Gasteiger partial charge in [0.25, 0.3) is 0 Å². The molecule has 2 aromatic carbocycles. The summed E-state index contributed by atoms with van der Waals surface area (Å²) in [5, 5.41) is 13.5. The highest BCUT2D eigenvalue weighted by molar-refractivity contribution is 6.31. The second-order valence-electron chi connectivity index (χ2n) is 4.73. The molecule has 21 heavy (non-hydrogen) atoms. The molecule has 0 radical (unpaired) electrons. The number of methoxy groups -OCH3 is 1. The Morgan fingerprint density at radius 1 is 1.33 bits per heavy atom. The van der Waals surface area contributed by atoms with Gasteiger partial charge in [-0.1, -0.05) is 23.7 Å². The number of ether oxygens (including phenoxy) is 1. The highest BCUT2D eigenvalue weighted by Gasteiger charge is 2.11. The first kappa shape index (κ1) is 15.6. The van der Waals surface area contributed by atoms with Gasteiger partial charge >= 0.3 is 0 Å². The van der Waals surface area contributed by atoms with Gasteiger partial charge in [-0.2, -0.15) is 0 Å². The zero-order valence-electron chi connectivity index (χ0n) is 11.9. The Balaban J connectivity index is 2.08. The molecule has 0 saturated carbocycles. The van der Waals surface area contributed by atoms with Crippen molar-refractivity contribution >= 4 is 11.6 Å². The summed E-state index contributed by atoms with van der Waals surface area (Å²) >= 11 is 6.05. The summed E-state index contributed by atoms with van der Waals surface area (Å²) in [5.41, 5.74) is 1.42. The lowest BCUT2D eigenvalue weighted by molar-refractivity contribution is 0.385. The van der Waals surface area contributed by atoms with Gasteiger partial charge in [0.05, 0.1) is 7.11 Å². The first-order valence-electron chi connectivity index (χ1n) is 6.56. The Morgan fingerprint density at radius 3 is 2.71 bits per heavy atom. The summed E-state index contributed by atoms with van der Waals surface area (Å²) in [7, 11) is 1.43.